The molecule has 6 nitrogen and oxygen atoms in total. The minimum absolute atomic E-state index is 0.0409. The fourth-order valence-electron chi connectivity index (χ4n) is 2.93. The van der Waals surface area contributed by atoms with Gasteiger partial charge in [-0.05, 0) is 25.5 Å². The van der Waals surface area contributed by atoms with E-state index in [1.54, 1.807) is 30.2 Å². The average Bonchev–Trinajstić information content (AvgIpc) is 3.20. The first-order valence-corrected chi connectivity index (χ1v) is 8.13. The fourth-order valence-corrected chi connectivity index (χ4v) is 2.93. The maximum Gasteiger partial charge on any atom is 0.230 e. The van der Waals surface area contributed by atoms with Crippen molar-refractivity contribution in [3.63, 3.8) is 0 Å². The maximum atomic E-state index is 13.2. The number of nitrogens with zero attached hydrogens (tertiary/aromatic N) is 2. The van der Waals surface area contributed by atoms with Crippen molar-refractivity contribution >= 4 is 5.91 Å². The van der Waals surface area contributed by atoms with E-state index in [2.05, 4.69) is 5.16 Å². The van der Waals surface area contributed by atoms with Crippen LogP contribution in [-0.2, 0) is 16.0 Å². The molecular weight excluding hydrogens is 327 g/mol. The number of hydrogen-bond donors (Lipinski definition) is 0. The molecule has 1 aliphatic rings. The van der Waals surface area contributed by atoms with Crippen molar-refractivity contribution < 1.29 is 23.2 Å². The second kappa shape index (κ2) is 7.23. The molecule has 1 fully saturated rings. The van der Waals surface area contributed by atoms with E-state index >= 15 is 0 Å². The number of halogens is 1. The first-order valence-electron chi connectivity index (χ1n) is 8.13. The van der Waals surface area contributed by atoms with Crippen molar-refractivity contribution in [3.05, 3.63) is 47.6 Å². The van der Waals surface area contributed by atoms with Crippen LogP contribution < -0.4 is 4.74 Å². The highest BCUT2D eigenvalue weighted by Crippen LogP contribution is 2.27. The third kappa shape index (κ3) is 4.17. The third-order valence-electron chi connectivity index (χ3n) is 4.40. The maximum absolute atomic E-state index is 13.2. The Hall–Kier alpha value is -2.41. The van der Waals surface area contributed by atoms with Crippen LogP contribution in [-0.4, -0.2) is 48.4 Å². The predicted molar refractivity (Wildman–Crippen MR) is 87.8 cm³/mol. The molecule has 0 bridgehead atoms. The Morgan fingerprint density at radius 1 is 1.44 bits per heavy atom. The summed E-state index contributed by atoms with van der Waals surface area (Å²) in [5, 5.41) is 3.79. The molecule has 2 aromatic rings. The van der Waals surface area contributed by atoms with Gasteiger partial charge in [0.15, 0.2) is 0 Å². The molecule has 1 aromatic carbocycles. The zero-order valence-corrected chi connectivity index (χ0v) is 14.3. The number of ether oxygens (including phenoxy) is 2. The molecule has 1 amide bonds. The number of aryl methyl sites for hydroxylation is 1. The molecule has 0 unspecified atom stereocenters. The number of carbonyl (C=O) groups is 1. The van der Waals surface area contributed by atoms with Crippen LogP contribution in [0.25, 0.3) is 0 Å². The summed E-state index contributed by atoms with van der Waals surface area (Å²) in [5.74, 6) is 0.599. The van der Waals surface area contributed by atoms with E-state index < -0.39 is 5.60 Å². The Morgan fingerprint density at radius 3 is 2.96 bits per heavy atom. The van der Waals surface area contributed by atoms with E-state index in [-0.39, 0.29) is 24.8 Å². The van der Waals surface area contributed by atoms with Crippen LogP contribution >= 0.6 is 0 Å². The lowest BCUT2D eigenvalue weighted by Crippen LogP contribution is -2.42. The molecule has 0 spiro atoms. The summed E-state index contributed by atoms with van der Waals surface area (Å²) in [6.07, 6.45) is 0.825. The van der Waals surface area contributed by atoms with Gasteiger partial charge in [-0.15, -0.1) is 0 Å². The summed E-state index contributed by atoms with van der Waals surface area (Å²) < 4.78 is 29.7. The number of aromatic nitrogens is 1. The highest BCUT2D eigenvalue weighted by molar-refractivity contribution is 5.78. The number of amides is 1. The normalized spacial score (nSPS) is 20.0. The Labute approximate surface area is 145 Å². The standard InChI is InChI=1S/C18H21FN2O4/c1-13-8-16(25-20-13)10-17(22)21-7-6-18(11-21,23-2)12-24-15-5-3-4-14(19)9-15/h3-5,8-9H,6-7,10-12H2,1-2H3/t18-/m1/s1. The molecule has 0 radical (unpaired) electrons. The molecule has 2 heterocycles. The van der Waals surface area contributed by atoms with Crippen LogP contribution in [0.1, 0.15) is 17.9 Å². The van der Waals surface area contributed by atoms with E-state index in [1.165, 1.54) is 12.1 Å². The Bertz CT molecular complexity index is 748. The van der Waals surface area contributed by atoms with Gasteiger partial charge in [0.1, 0.15) is 29.5 Å². The molecule has 3 rings (SSSR count). The van der Waals surface area contributed by atoms with E-state index in [0.29, 0.717) is 31.0 Å². The Morgan fingerprint density at radius 2 is 2.28 bits per heavy atom. The van der Waals surface area contributed by atoms with Gasteiger partial charge in [-0.3, -0.25) is 4.79 Å². The van der Waals surface area contributed by atoms with Crippen molar-refractivity contribution in [2.45, 2.75) is 25.4 Å². The van der Waals surface area contributed by atoms with Crippen molar-refractivity contribution in [2.75, 3.05) is 26.8 Å². The molecule has 134 valence electrons. The zero-order valence-electron chi connectivity index (χ0n) is 14.3. The molecule has 0 aliphatic carbocycles. The van der Waals surface area contributed by atoms with Gasteiger partial charge in [0, 0.05) is 25.8 Å². The minimum Gasteiger partial charge on any atom is -0.490 e. The van der Waals surface area contributed by atoms with Crippen LogP contribution in [0.3, 0.4) is 0 Å². The summed E-state index contributed by atoms with van der Waals surface area (Å²) in [4.78, 5) is 14.2. The quantitative estimate of drug-likeness (QED) is 0.802. The molecule has 1 aliphatic heterocycles. The number of benzene rings is 1. The van der Waals surface area contributed by atoms with Crippen molar-refractivity contribution in [1.29, 1.82) is 0 Å². The molecule has 25 heavy (non-hydrogen) atoms. The van der Waals surface area contributed by atoms with Gasteiger partial charge in [-0.25, -0.2) is 4.39 Å². The van der Waals surface area contributed by atoms with Crippen molar-refractivity contribution in [2.24, 2.45) is 0 Å². The molecular formula is C18H21FN2O4. The molecule has 1 aromatic heterocycles. The molecule has 1 saturated heterocycles. The smallest absolute Gasteiger partial charge is 0.230 e. The fraction of sp³-hybridized carbons (Fsp3) is 0.444. The van der Waals surface area contributed by atoms with Crippen LogP contribution in [0.5, 0.6) is 5.75 Å². The number of likely N-dealkylation sites (tertiary alicyclic amines) is 1. The summed E-state index contributed by atoms with van der Waals surface area (Å²) in [6.45, 7) is 3.06. The second-order valence-corrected chi connectivity index (χ2v) is 6.31. The van der Waals surface area contributed by atoms with Crippen LogP contribution in [0, 0.1) is 12.7 Å². The SMILES string of the molecule is CO[C@]1(COc2cccc(F)c2)CCN(C(=O)Cc2cc(C)no2)C1. The minimum atomic E-state index is -0.598. The number of carbonyl (C=O) groups excluding carboxylic acids is 1. The lowest BCUT2D eigenvalue weighted by atomic mass is 10.0. The summed E-state index contributed by atoms with van der Waals surface area (Å²) >= 11 is 0. The highest BCUT2D eigenvalue weighted by Gasteiger charge is 2.41. The second-order valence-electron chi connectivity index (χ2n) is 6.31. The largest absolute Gasteiger partial charge is 0.490 e. The van der Waals surface area contributed by atoms with E-state index in [4.69, 9.17) is 14.0 Å². The Kier molecular flexibility index (Phi) is 5.03. The monoisotopic (exact) mass is 348 g/mol. The van der Waals surface area contributed by atoms with E-state index in [1.807, 2.05) is 6.92 Å². The van der Waals surface area contributed by atoms with Crippen LogP contribution in [0.4, 0.5) is 4.39 Å². The number of rotatable bonds is 6. The third-order valence-corrected chi connectivity index (χ3v) is 4.40. The van der Waals surface area contributed by atoms with Crippen molar-refractivity contribution in [3.8, 4) is 5.75 Å². The van der Waals surface area contributed by atoms with Gasteiger partial charge >= 0.3 is 0 Å². The number of methoxy groups -OCH3 is 1. The van der Waals surface area contributed by atoms with Gasteiger partial charge in [-0.2, -0.15) is 0 Å². The summed E-state index contributed by atoms with van der Waals surface area (Å²) in [6, 6.07) is 7.72. The van der Waals surface area contributed by atoms with Gasteiger partial charge in [0.05, 0.1) is 18.7 Å². The van der Waals surface area contributed by atoms with Gasteiger partial charge < -0.3 is 18.9 Å². The first-order chi connectivity index (χ1) is 12.0. The van der Waals surface area contributed by atoms with Gasteiger partial charge in [0.25, 0.3) is 0 Å². The topological polar surface area (TPSA) is 64.8 Å². The summed E-state index contributed by atoms with van der Waals surface area (Å²) in [7, 11) is 1.60. The number of hydrogen-bond acceptors (Lipinski definition) is 5. The molecule has 0 saturated carbocycles. The zero-order chi connectivity index (χ0) is 17.9. The first kappa shape index (κ1) is 17.4. The molecule has 0 N–H and O–H groups in total. The molecule has 1 atom stereocenters. The van der Waals surface area contributed by atoms with Crippen LogP contribution in [0.2, 0.25) is 0 Å². The average molecular weight is 348 g/mol. The summed E-state index contributed by atoms with van der Waals surface area (Å²) in [5.41, 5.74) is 0.151. The lowest BCUT2D eigenvalue weighted by Gasteiger charge is -2.27. The Balaban J connectivity index is 1.59. The van der Waals surface area contributed by atoms with Crippen molar-refractivity contribution in [1.82, 2.24) is 10.1 Å². The van der Waals surface area contributed by atoms with E-state index in [9.17, 15) is 9.18 Å². The van der Waals surface area contributed by atoms with Gasteiger partial charge in [0.2, 0.25) is 5.91 Å². The highest BCUT2D eigenvalue weighted by atomic mass is 19.1. The predicted octanol–water partition coefficient (Wildman–Crippen LogP) is 2.36. The van der Waals surface area contributed by atoms with E-state index in [0.717, 1.165) is 5.69 Å². The lowest BCUT2D eigenvalue weighted by molar-refractivity contribution is -0.131. The van der Waals surface area contributed by atoms with Crippen LogP contribution in [0.15, 0.2) is 34.9 Å². The van der Waals surface area contributed by atoms with Gasteiger partial charge in [-0.1, -0.05) is 11.2 Å². The molecule has 7 heteroatoms.